The summed E-state index contributed by atoms with van der Waals surface area (Å²) in [6.07, 6.45) is 0.745. The van der Waals surface area contributed by atoms with Gasteiger partial charge in [0, 0.05) is 39.6 Å². The average Bonchev–Trinajstić information content (AvgIpc) is 2.37. The van der Waals surface area contributed by atoms with E-state index in [1.807, 2.05) is 18.7 Å². The van der Waals surface area contributed by atoms with Gasteiger partial charge in [-0.25, -0.2) is 0 Å². The maximum atomic E-state index is 12.3. The minimum absolute atomic E-state index is 0.0779. The molecule has 0 aromatic rings. The van der Waals surface area contributed by atoms with Gasteiger partial charge in [0.15, 0.2) is 0 Å². The number of carbonyl (C=O) groups excluding carboxylic acids is 2. The van der Waals surface area contributed by atoms with Crippen LogP contribution in [0.4, 0.5) is 0 Å². The SMILES string of the molecule is CCC(C)(CN)C(=O)N1CCN(C(C)=O)CC1. The van der Waals surface area contributed by atoms with Gasteiger partial charge in [0.2, 0.25) is 11.8 Å². The van der Waals surface area contributed by atoms with Crippen LogP contribution in [0.3, 0.4) is 0 Å². The van der Waals surface area contributed by atoms with Crippen molar-refractivity contribution >= 4 is 11.8 Å². The maximum absolute atomic E-state index is 12.3. The summed E-state index contributed by atoms with van der Waals surface area (Å²) < 4.78 is 0. The van der Waals surface area contributed by atoms with Gasteiger partial charge in [-0.2, -0.15) is 0 Å². The number of carbonyl (C=O) groups is 2. The number of piperazine rings is 1. The van der Waals surface area contributed by atoms with E-state index in [0.717, 1.165) is 6.42 Å². The molecule has 1 unspecified atom stereocenters. The predicted molar refractivity (Wildman–Crippen MR) is 66.3 cm³/mol. The zero-order chi connectivity index (χ0) is 13.1. The molecule has 5 heteroatoms. The normalized spacial score (nSPS) is 20.0. The van der Waals surface area contributed by atoms with E-state index in [1.165, 1.54) is 0 Å². The van der Waals surface area contributed by atoms with E-state index in [0.29, 0.717) is 32.7 Å². The van der Waals surface area contributed by atoms with Crippen LogP contribution in [0.15, 0.2) is 0 Å². The van der Waals surface area contributed by atoms with E-state index < -0.39 is 5.41 Å². The van der Waals surface area contributed by atoms with Crippen molar-refractivity contribution in [3.05, 3.63) is 0 Å². The first kappa shape index (κ1) is 14.0. The van der Waals surface area contributed by atoms with Gasteiger partial charge in [0.1, 0.15) is 0 Å². The lowest BCUT2D eigenvalue weighted by Crippen LogP contribution is -2.54. The lowest BCUT2D eigenvalue weighted by Gasteiger charge is -2.38. The molecule has 0 aromatic heterocycles. The number of rotatable bonds is 3. The quantitative estimate of drug-likeness (QED) is 0.759. The Balaban J connectivity index is 2.60. The highest BCUT2D eigenvalue weighted by Crippen LogP contribution is 2.23. The van der Waals surface area contributed by atoms with Gasteiger partial charge in [-0.1, -0.05) is 6.92 Å². The molecule has 0 saturated carbocycles. The minimum atomic E-state index is -0.460. The molecule has 2 amide bonds. The van der Waals surface area contributed by atoms with Crippen LogP contribution in [-0.2, 0) is 9.59 Å². The fraction of sp³-hybridized carbons (Fsp3) is 0.833. The average molecular weight is 241 g/mol. The number of amides is 2. The molecule has 17 heavy (non-hydrogen) atoms. The number of nitrogens with zero attached hydrogens (tertiary/aromatic N) is 2. The third-order valence-electron chi connectivity index (χ3n) is 3.76. The number of nitrogens with two attached hydrogens (primary N) is 1. The molecule has 1 aliphatic heterocycles. The fourth-order valence-corrected chi connectivity index (χ4v) is 1.99. The van der Waals surface area contributed by atoms with Crippen molar-refractivity contribution in [3.63, 3.8) is 0 Å². The van der Waals surface area contributed by atoms with Crippen molar-refractivity contribution < 1.29 is 9.59 Å². The molecule has 1 fully saturated rings. The van der Waals surface area contributed by atoms with Crippen LogP contribution in [-0.4, -0.2) is 54.3 Å². The number of hydrogen-bond acceptors (Lipinski definition) is 3. The van der Waals surface area contributed by atoms with Crippen molar-refractivity contribution in [3.8, 4) is 0 Å². The Morgan fingerprint density at radius 1 is 1.18 bits per heavy atom. The molecule has 1 saturated heterocycles. The highest BCUT2D eigenvalue weighted by molar-refractivity contribution is 5.83. The summed E-state index contributed by atoms with van der Waals surface area (Å²) in [5.41, 5.74) is 5.23. The molecule has 1 atom stereocenters. The van der Waals surface area contributed by atoms with Gasteiger partial charge in [0.05, 0.1) is 5.41 Å². The zero-order valence-electron chi connectivity index (χ0n) is 11.0. The van der Waals surface area contributed by atoms with E-state index >= 15 is 0 Å². The molecular formula is C12H23N3O2. The van der Waals surface area contributed by atoms with Crippen LogP contribution in [0.25, 0.3) is 0 Å². The molecule has 0 radical (unpaired) electrons. The minimum Gasteiger partial charge on any atom is -0.339 e. The monoisotopic (exact) mass is 241 g/mol. The molecule has 98 valence electrons. The first-order chi connectivity index (χ1) is 7.94. The van der Waals surface area contributed by atoms with E-state index in [9.17, 15) is 9.59 Å². The molecule has 0 aliphatic carbocycles. The van der Waals surface area contributed by atoms with Crippen LogP contribution >= 0.6 is 0 Å². The van der Waals surface area contributed by atoms with Crippen LogP contribution in [0.5, 0.6) is 0 Å². The standard InChI is InChI=1S/C12H23N3O2/c1-4-12(3,9-13)11(17)15-7-5-14(6-8-15)10(2)16/h4-9,13H2,1-3H3. The molecule has 1 heterocycles. The lowest BCUT2D eigenvalue weighted by atomic mass is 9.86. The number of hydrogen-bond donors (Lipinski definition) is 1. The van der Waals surface area contributed by atoms with Crippen LogP contribution in [0, 0.1) is 5.41 Å². The topological polar surface area (TPSA) is 66.6 Å². The first-order valence-electron chi connectivity index (χ1n) is 6.19. The smallest absolute Gasteiger partial charge is 0.229 e. The van der Waals surface area contributed by atoms with Gasteiger partial charge in [-0.05, 0) is 13.3 Å². The Morgan fingerprint density at radius 2 is 1.65 bits per heavy atom. The van der Waals surface area contributed by atoms with Crippen LogP contribution in [0.1, 0.15) is 27.2 Å². The molecule has 0 spiro atoms. The van der Waals surface area contributed by atoms with Gasteiger partial charge >= 0.3 is 0 Å². The zero-order valence-corrected chi connectivity index (χ0v) is 11.0. The van der Waals surface area contributed by atoms with E-state index in [4.69, 9.17) is 5.73 Å². The van der Waals surface area contributed by atoms with E-state index in [1.54, 1.807) is 11.8 Å². The molecule has 0 aromatic carbocycles. The second kappa shape index (κ2) is 5.49. The molecule has 2 N–H and O–H groups in total. The summed E-state index contributed by atoms with van der Waals surface area (Å²) >= 11 is 0. The highest BCUT2D eigenvalue weighted by Gasteiger charge is 2.35. The van der Waals surface area contributed by atoms with Crippen molar-refractivity contribution in [1.82, 2.24) is 9.80 Å². The second-order valence-corrected chi connectivity index (χ2v) is 4.92. The Kier molecular flexibility index (Phi) is 4.51. The maximum Gasteiger partial charge on any atom is 0.229 e. The Morgan fingerprint density at radius 3 is 2.00 bits per heavy atom. The van der Waals surface area contributed by atoms with Gasteiger partial charge < -0.3 is 15.5 Å². The first-order valence-corrected chi connectivity index (χ1v) is 6.19. The van der Waals surface area contributed by atoms with E-state index in [2.05, 4.69) is 0 Å². The third kappa shape index (κ3) is 2.97. The summed E-state index contributed by atoms with van der Waals surface area (Å²) in [5.74, 6) is 0.194. The molecule has 0 bridgehead atoms. The molecule has 1 rings (SSSR count). The Bertz CT molecular complexity index is 292. The highest BCUT2D eigenvalue weighted by atomic mass is 16.2. The van der Waals surface area contributed by atoms with Gasteiger partial charge in [-0.15, -0.1) is 0 Å². The second-order valence-electron chi connectivity index (χ2n) is 4.92. The van der Waals surface area contributed by atoms with Crippen molar-refractivity contribution in [2.75, 3.05) is 32.7 Å². The van der Waals surface area contributed by atoms with Crippen LogP contribution < -0.4 is 5.73 Å². The van der Waals surface area contributed by atoms with Crippen molar-refractivity contribution in [1.29, 1.82) is 0 Å². The van der Waals surface area contributed by atoms with Crippen molar-refractivity contribution in [2.24, 2.45) is 11.1 Å². The summed E-state index contributed by atoms with van der Waals surface area (Å²) in [7, 11) is 0. The predicted octanol–water partition coefficient (Wildman–Crippen LogP) is 0.0521. The van der Waals surface area contributed by atoms with Gasteiger partial charge in [-0.3, -0.25) is 9.59 Å². The van der Waals surface area contributed by atoms with Crippen LogP contribution in [0.2, 0.25) is 0 Å². The summed E-state index contributed by atoms with van der Waals surface area (Å²) in [6, 6.07) is 0. The summed E-state index contributed by atoms with van der Waals surface area (Å²) in [6.45, 7) is 8.32. The van der Waals surface area contributed by atoms with Gasteiger partial charge in [0.25, 0.3) is 0 Å². The lowest BCUT2D eigenvalue weighted by molar-refractivity contribution is -0.145. The van der Waals surface area contributed by atoms with Crippen molar-refractivity contribution in [2.45, 2.75) is 27.2 Å². The molecular weight excluding hydrogens is 218 g/mol. The Hall–Kier alpha value is -1.10. The third-order valence-corrected chi connectivity index (χ3v) is 3.76. The summed E-state index contributed by atoms with van der Waals surface area (Å²) in [5, 5.41) is 0. The van der Waals surface area contributed by atoms with E-state index in [-0.39, 0.29) is 11.8 Å². The fourth-order valence-electron chi connectivity index (χ4n) is 1.99. The molecule has 5 nitrogen and oxygen atoms in total. The largest absolute Gasteiger partial charge is 0.339 e. The summed E-state index contributed by atoms with van der Waals surface area (Å²) in [4.78, 5) is 27.1. The Labute approximate surface area is 103 Å². The molecule has 1 aliphatic rings.